The summed E-state index contributed by atoms with van der Waals surface area (Å²) in [5, 5.41) is 13.4. The van der Waals surface area contributed by atoms with Gasteiger partial charge in [-0.05, 0) is 32.6 Å². The second-order valence-corrected chi connectivity index (χ2v) is 11.0. The molecule has 1 aliphatic rings. The molecule has 1 saturated heterocycles. The minimum absolute atomic E-state index is 0.0277. The van der Waals surface area contributed by atoms with Crippen molar-refractivity contribution in [3.8, 4) is 0 Å². The Hall–Kier alpha value is -2.85. The molecule has 1 aliphatic heterocycles. The standard InChI is InChI=1S/C26H52N4O3.C5H7NO3/c1-3-5-6-7-8-9-10-11-12-13-14-15-16-17-18-21-24(31)30-23(25(32)33-4-2)20-19-22-29-26(27)28;7-4-2-1-3(6-4)5(8)9/h23H,3-22H2,1-2H3,(H,30,31)(H4,27,28,29);3H,1-2H2,(H,6,7)(H,8,9)/t23-;/m0./s1. The van der Waals surface area contributed by atoms with Crippen LogP contribution in [0.25, 0.3) is 0 Å². The number of hydrogen-bond acceptors (Lipinski definition) is 6. The van der Waals surface area contributed by atoms with E-state index in [1.54, 1.807) is 6.92 Å². The van der Waals surface area contributed by atoms with E-state index >= 15 is 0 Å². The average molecular weight is 598 g/mol. The summed E-state index contributed by atoms with van der Waals surface area (Å²) in [5.74, 6) is -1.57. The lowest BCUT2D eigenvalue weighted by molar-refractivity contribution is -0.147. The highest BCUT2D eigenvalue weighted by molar-refractivity contribution is 5.87. The van der Waals surface area contributed by atoms with Gasteiger partial charge in [0.05, 0.1) is 6.61 Å². The number of aliphatic carboxylic acids is 1. The number of esters is 1. The summed E-state index contributed by atoms with van der Waals surface area (Å²) in [6.45, 7) is 4.73. The van der Waals surface area contributed by atoms with Crippen LogP contribution in [0.4, 0.5) is 0 Å². The first-order chi connectivity index (χ1) is 20.2. The first kappa shape index (κ1) is 39.1. The van der Waals surface area contributed by atoms with Crippen LogP contribution in [0.2, 0.25) is 0 Å². The van der Waals surface area contributed by atoms with Crippen molar-refractivity contribution in [2.24, 2.45) is 16.5 Å². The lowest BCUT2D eigenvalue weighted by Crippen LogP contribution is -2.42. The molecule has 1 heterocycles. The largest absolute Gasteiger partial charge is 0.480 e. The molecule has 2 amide bonds. The highest BCUT2D eigenvalue weighted by Gasteiger charge is 2.26. The van der Waals surface area contributed by atoms with Gasteiger partial charge in [0.2, 0.25) is 11.8 Å². The molecule has 1 unspecified atom stereocenters. The average Bonchev–Trinajstić information content (AvgIpc) is 3.39. The topological polar surface area (TPSA) is 186 Å². The quantitative estimate of drug-likeness (QED) is 0.0458. The van der Waals surface area contributed by atoms with Crippen LogP contribution >= 0.6 is 0 Å². The molecule has 11 nitrogen and oxygen atoms in total. The lowest BCUT2D eigenvalue weighted by atomic mass is 10.0. The van der Waals surface area contributed by atoms with E-state index in [2.05, 4.69) is 22.5 Å². The predicted molar refractivity (Wildman–Crippen MR) is 167 cm³/mol. The van der Waals surface area contributed by atoms with Crippen molar-refractivity contribution in [3.05, 3.63) is 0 Å². The summed E-state index contributed by atoms with van der Waals surface area (Å²) in [6.07, 6.45) is 21.7. The Morgan fingerprint density at radius 3 is 1.83 bits per heavy atom. The molecule has 2 atom stereocenters. The van der Waals surface area contributed by atoms with Crippen LogP contribution in [0, 0.1) is 0 Å². The fourth-order valence-corrected chi connectivity index (χ4v) is 4.72. The van der Waals surface area contributed by atoms with Crippen LogP contribution in [0.5, 0.6) is 0 Å². The zero-order valence-electron chi connectivity index (χ0n) is 26.3. The van der Waals surface area contributed by atoms with Crippen molar-refractivity contribution in [1.29, 1.82) is 0 Å². The number of carbonyl (C=O) groups excluding carboxylic acids is 3. The maximum absolute atomic E-state index is 12.3. The van der Waals surface area contributed by atoms with E-state index in [0.29, 0.717) is 38.6 Å². The fourth-order valence-electron chi connectivity index (χ4n) is 4.72. The van der Waals surface area contributed by atoms with Crippen molar-refractivity contribution >= 4 is 29.7 Å². The normalized spacial score (nSPS) is 14.7. The van der Waals surface area contributed by atoms with Crippen LogP contribution < -0.4 is 22.1 Å². The summed E-state index contributed by atoms with van der Waals surface area (Å²) in [7, 11) is 0. The third-order valence-corrected chi connectivity index (χ3v) is 7.15. The maximum atomic E-state index is 12.3. The molecule has 0 aromatic carbocycles. The first-order valence-electron chi connectivity index (χ1n) is 16.2. The number of carbonyl (C=O) groups is 4. The number of carboxylic acid groups (broad SMARTS) is 1. The molecule has 42 heavy (non-hydrogen) atoms. The molecule has 0 spiro atoms. The van der Waals surface area contributed by atoms with Gasteiger partial charge < -0.3 is 31.9 Å². The van der Waals surface area contributed by atoms with Gasteiger partial charge in [0, 0.05) is 19.4 Å². The van der Waals surface area contributed by atoms with Gasteiger partial charge in [-0.3, -0.25) is 14.6 Å². The zero-order valence-corrected chi connectivity index (χ0v) is 26.3. The lowest BCUT2D eigenvalue weighted by Gasteiger charge is -2.17. The molecular formula is C31H59N5O6. The van der Waals surface area contributed by atoms with Gasteiger partial charge in [0.1, 0.15) is 12.1 Å². The van der Waals surface area contributed by atoms with Crippen LogP contribution in [-0.2, 0) is 23.9 Å². The molecule has 0 aromatic rings. The van der Waals surface area contributed by atoms with Crippen molar-refractivity contribution in [3.63, 3.8) is 0 Å². The van der Waals surface area contributed by atoms with Crippen molar-refractivity contribution in [2.75, 3.05) is 13.2 Å². The number of nitrogens with two attached hydrogens (primary N) is 2. The van der Waals surface area contributed by atoms with Gasteiger partial charge in [-0.2, -0.15) is 0 Å². The molecule has 11 heteroatoms. The number of aliphatic imine (C=N–C) groups is 1. The number of guanidine groups is 1. The highest BCUT2D eigenvalue weighted by atomic mass is 16.5. The van der Waals surface area contributed by atoms with E-state index in [1.807, 2.05) is 0 Å². The van der Waals surface area contributed by atoms with Crippen LogP contribution in [0.1, 0.15) is 142 Å². The predicted octanol–water partition coefficient (Wildman–Crippen LogP) is 4.70. The molecule has 7 N–H and O–H groups in total. The minimum atomic E-state index is -0.944. The number of unbranched alkanes of at least 4 members (excludes halogenated alkanes) is 14. The Labute approximate surface area is 253 Å². The summed E-state index contributed by atoms with van der Waals surface area (Å²) < 4.78 is 5.08. The number of amides is 2. The number of nitrogens with one attached hydrogen (secondary N) is 2. The van der Waals surface area contributed by atoms with E-state index in [9.17, 15) is 19.2 Å². The molecule has 1 fully saturated rings. The molecule has 0 saturated carbocycles. The van der Waals surface area contributed by atoms with Crippen molar-refractivity contribution in [2.45, 2.75) is 154 Å². The Morgan fingerprint density at radius 2 is 1.43 bits per heavy atom. The molecular weight excluding hydrogens is 538 g/mol. The highest BCUT2D eigenvalue weighted by Crippen LogP contribution is 2.14. The number of ether oxygens (including phenoxy) is 1. The molecule has 244 valence electrons. The molecule has 0 radical (unpaired) electrons. The number of hydrogen-bond donors (Lipinski definition) is 5. The van der Waals surface area contributed by atoms with E-state index in [1.165, 1.54) is 83.5 Å². The third-order valence-electron chi connectivity index (χ3n) is 7.15. The Balaban J connectivity index is 0.00000157. The summed E-state index contributed by atoms with van der Waals surface area (Å²) >= 11 is 0. The molecule has 0 aliphatic carbocycles. The van der Waals surface area contributed by atoms with Gasteiger partial charge in [0.25, 0.3) is 0 Å². The summed E-state index contributed by atoms with van der Waals surface area (Å²) in [6, 6.07) is -1.28. The van der Waals surface area contributed by atoms with Crippen molar-refractivity contribution < 1.29 is 29.0 Å². The van der Waals surface area contributed by atoms with E-state index < -0.39 is 24.0 Å². The van der Waals surface area contributed by atoms with Crippen molar-refractivity contribution in [1.82, 2.24) is 10.6 Å². The number of rotatable bonds is 24. The first-order valence-corrected chi connectivity index (χ1v) is 16.2. The minimum Gasteiger partial charge on any atom is -0.480 e. The van der Waals surface area contributed by atoms with E-state index in [0.717, 1.165) is 12.8 Å². The molecule has 0 bridgehead atoms. The SMILES string of the molecule is CCCCCCCCCCCCCCCCCC(=O)N[C@@H](CCCN=C(N)N)C(=O)OCC.O=C1CCC(C(=O)O)N1. The van der Waals surface area contributed by atoms with E-state index in [4.69, 9.17) is 21.3 Å². The number of carboxylic acids is 1. The van der Waals surface area contributed by atoms with Gasteiger partial charge in [0.15, 0.2) is 5.96 Å². The summed E-state index contributed by atoms with van der Waals surface area (Å²) in [5.41, 5.74) is 10.6. The number of nitrogens with zero attached hydrogens (tertiary/aromatic N) is 1. The second kappa shape index (κ2) is 27.0. The summed E-state index contributed by atoms with van der Waals surface area (Å²) in [4.78, 5) is 48.8. The zero-order chi connectivity index (χ0) is 31.4. The maximum Gasteiger partial charge on any atom is 0.328 e. The Kier molecular flexibility index (Phi) is 25.2. The van der Waals surface area contributed by atoms with E-state index in [-0.39, 0.29) is 24.4 Å². The van der Waals surface area contributed by atoms with Gasteiger partial charge in [-0.25, -0.2) is 9.59 Å². The van der Waals surface area contributed by atoms with Crippen LogP contribution in [-0.4, -0.2) is 60.1 Å². The smallest absolute Gasteiger partial charge is 0.328 e. The van der Waals surface area contributed by atoms with Crippen LogP contribution in [0.15, 0.2) is 4.99 Å². The van der Waals surface area contributed by atoms with Gasteiger partial charge in [-0.15, -0.1) is 0 Å². The Morgan fingerprint density at radius 1 is 0.905 bits per heavy atom. The molecule has 0 aromatic heterocycles. The van der Waals surface area contributed by atoms with Gasteiger partial charge >= 0.3 is 11.9 Å². The molecule has 1 rings (SSSR count). The third kappa shape index (κ3) is 23.8. The Bertz CT molecular complexity index is 773. The monoisotopic (exact) mass is 597 g/mol. The van der Waals surface area contributed by atoms with Gasteiger partial charge in [-0.1, -0.05) is 96.8 Å². The fraction of sp³-hybridized carbons (Fsp3) is 0.839. The second-order valence-electron chi connectivity index (χ2n) is 11.0. The van der Waals surface area contributed by atoms with Crippen LogP contribution in [0.3, 0.4) is 0 Å².